The Bertz CT molecular complexity index is 336. The Morgan fingerprint density at radius 2 is 1.88 bits per heavy atom. The fourth-order valence-electron chi connectivity index (χ4n) is 2.07. The molecule has 1 amide bonds. The fourth-order valence-corrected chi connectivity index (χ4v) is 3.59. The van der Waals surface area contributed by atoms with Crippen LogP contribution < -0.4 is 11.5 Å². The number of amides is 1. The van der Waals surface area contributed by atoms with Crippen molar-refractivity contribution in [2.75, 3.05) is 18.8 Å². The molecule has 1 aliphatic rings. The number of hydrogen-bond donors (Lipinski definition) is 2. The predicted octanol–water partition coefficient (Wildman–Crippen LogP) is -0.995. The molecule has 0 aromatic carbocycles. The van der Waals surface area contributed by atoms with Gasteiger partial charge in [0.05, 0.1) is 12.3 Å². The Balaban J connectivity index is 2.81. The van der Waals surface area contributed by atoms with Crippen LogP contribution in [0.15, 0.2) is 0 Å². The molecule has 0 unspecified atom stereocenters. The van der Waals surface area contributed by atoms with Crippen molar-refractivity contribution in [3.8, 4) is 0 Å². The highest BCUT2D eigenvalue weighted by Crippen LogP contribution is 2.25. The van der Waals surface area contributed by atoms with E-state index in [2.05, 4.69) is 0 Å². The van der Waals surface area contributed by atoms with E-state index < -0.39 is 15.9 Å². The second-order valence-corrected chi connectivity index (χ2v) is 6.10. The number of nitrogens with two attached hydrogens (primary N) is 2. The highest BCUT2D eigenvalue weighted by atomic mass is 32.2. The van der Waals surface area contributed by atoms with Crippen LogP contribution in [0.2, 0.25) is 0 Å². The van der Waals surface area contributed by atoms with Gasteiger partial charge in [-0.2, -0.15) is 4.31 Å². The van der Waals surface area contributed by atoms with Crippen LogP contribution in [0.5, 0.6) is 0 Å². The Morgan fingerprint density at radius 1 is 1.31 bits per heavy atom. The van der Waals surface area contributed by atoms with Crippen molar-refractivity contribution in [3.63, 3.8) is 0 Å². The minimum Gasteiger partial charge on any atom is -0.369 e. The molecule has 4 N–H and O–H groups in total. The van der Waals surface area contributed by atoms with Gasteiger partial charge in [0.2, 0.25) is 15.9 Å². The quantitative estimate of drug-likeness (QED) is 0.630. The number of nitrogens with zero attached hydrogens (tertiary/aromatic N) is 1. The van der Waals surface area contributed by atoms with Crippen LogP contribution in [0.3, 0.4) is 0 Å². The maximum atomic E-state index is 11.9. The van der Waals surface area contributed by atoms with Crippen LogP contribution in [0, 0.1) is 0 Å². The second-order valence-electron chi connectivity index (χ2n) is 4.05. The summed E-state index contributed by atoms with van der Waals surface area (Å²) in [5.41, 5.74) is 10.3. The molecule has 0 saturated heterocycles. The van der Waals surface area contributed by atoms with Gasteiger partial charge in [0.25, 0.3) is 0 Å². The van der Waals surface area contributed by atoms with Gasteiger partial charge in [-0.15, -0.1) is 0 Å². The maximum absolute atomic E-state index is 11.9. The number of primary amides is 1. The van der Waals surface area contributed by atoms with E-state index >= 15 is 0 Å². The number of carbonyl (C=O) groups excluding carboxylic acids is 1. The predicted molar refractivity (Wildman–Crippen MR) is 61.0 cm³/mol. The zero-order valence-electron chi connectivity index (χ0n) is 9.26. The molecule has 1 aliphatic carbocycles. The van der Waals surface area contributed by atoms with E-state index in [0.29, 0.717) is 0 Å². The molecule has 94 valence electrons. The van der Waals surface area contributed by atoms with E-state index in [1.54, 1.807) is 0 Å². The first-order chi connectivity index (χ1) is 7.47. The van der Waals surface area contributed by atoms with Crippen LogP contribution in [-0.2, 0) is 14.8 Å². The minimum atomic E-state index is -3.44. The summed E-state index contributed by atoms with van der Waals surface area (Å²) in [4.78, 5) is 10.9. The fraction of sp³-hybridized carbons (Fsp3) is 0.889. The monoisotopic (exact) mass is 249 g/mol. The summed E-state index contributed by atoms with van der Waals surface area (Å²) >= 11 is 0. The molecule has 0 aromatic rings. The van der Waals surface area contributed by atoms with Gasteiger partial charge in [-0.1, -0.05) is 12.8 Å². The number of carbonyl (C=O) groups is 1. The number of hydrogen-bond acceptors (Lipinski definition) is 4. The van der Waals surface area contributed by atoms with Crippen molar-refractivity contribution in [1.82, 2.24) is 4.31 Å². The lowest BCUT2D eigenvalue weighted by atomic mass is 10.2. The molecule has 0 heterocycles. The third-order valence-electron chi connectivity index (χ3n) is 2.78. The van der Waals surface area contributed by atoms with E-state index in [1.807, 2.05) is 0 Å². The van der Waals surface area contributed by atoms with Crippen LogP contribution >= 0.6 is 0 Å². The Kier molecular flexibility index (Phi) is 4.69. The van der Waals surface area contributed by atoms with Crippen molar-refractivity contribution in [1.29, 1.82) is 0 Å². The summed E-state index contributed by atoms with van der Waals surface area (Å²) in [6, 6.07) is -0.0796. The summed E-state index contributed by atoms with van der Waals surface area (Å²) in [7, 11) is -3.44. The van der Waals surface area contributed by atoms with Crippen LogP contribution in [0.25, 0.3) is 0 Å². The van der Waals surface area contributed by atoms with Gasteiger partial charge >= 0.3 is 0 Å². The van der Waals surface area contributed by atoms with E-state index in [1.165, 1.54) is 4.31 Å². The first-order valence-corrected chi connectivity index (χ1v) is 7.06. The van der Waals surface area contributed by atoms with Crippen molar-refractivity contribution < 1.29 is 13.2 Å². The van der Waals surface area contributed by atoms with Crippen LogP contribution in [-0.4, -0.2) is 43.5 Å². The molecule has 1 rings (SSSR count). The Morgan fingerprint density at radius 3 is 2.31 bits per heavy atom. The third-order valence-corrected chi connectivity index (χ3v) is 4.67. The summed E-state index contributed by atoms with van der Waals surface area (Å²) in [6.45, 7) is -0.169. The SMILES string of the molecule is NCCS(=O)(=O)N(CC(N)=O)C1CCCC1. The van der Waals surface area contributed by atoms with E-state index in [4.69, 9.17) is 11.5 Å². The highest BCUT2D eigenvalue weighted by molar-refractivity contribution is 7.89. The lowest BCUT2D eigenvalue weighted by Crippen LogP contribution is -2.45. The lowest BCUT2D eigenvalue weighted by Gasteiger charge is -2.26. The molecule has 0 atom stereocenters. The zero-order valence-corrected chi connectivity index (χ0v) is 10.1. The molecule has 0 aromatic heterocycles. The maximum Gasteiger partial charge on any atom is 0.232 e. The lowest BCUT2D eigenvalue weighted by molar-refractivity contribution is -0.118. The average molecular weight is 249 g/mol. The molecule has 0 bridgehead atoms. The molecular formula is C9H19N3O3S. The smallest absolute Gasteiger partial charge is 0.232 e. The Labute approximate surface area is 96.0 Å². The molecule has 1 saturated carbocycles. The summed E-state index contributed by atoms with van der Waals surface area (Å²) in [5, 5.41) is 0. The van der Waals surface area contributed by atoms with Gasteiger partial charge in [-0.25, -0.2) is 8.42 Å². The van der Waals surface area contributed by atoms with Gasteiger partial charge in [0.1, 0.15) is 0 Å². The topological polar surface area (TPSA) is 106 Å². The highest BCUT2D eigenvalue weighted by Gasteiger charge is 2.32. The normalized spacial score (nSPS) is 18.1. The molecule has 16 heavy (non-hydrogen) atoms. The molecule has 6 nitrogen and oxygen atoms in total. The third kappa shape index (κ3) is 3.43. The number of sulfonamides is 1. The van der Waals surface area contributed by atoms with Gasteiger partial charge < -0.3 is 11.5 Å². The van der Waals surface area contributed by atoms with E-state index in [0.717, 1.165) is 25.7 Å². The summed E-state index contributed by atoms with van der Waals surface area (Å²) < 4.78 is 25.0. The van der Waals surface area contributed by atoms with Gasteiger partial charge in [-0.3, -0.25) is 4.79 Å². The van der Waals surface area contributed by atoms with E-state index in [9.17, 15) is 13.2 Å². The van der Waals surface area contributed by atoms with Crippen molar-refractivity contribution in [3.05, 3.63) is 0 Å². The second kappa shape index (κ2) is 5.60. The molecule has 1 fully saturated rings. The summed E-state index contributed by atoms with van der Waals surface area (Å²) in [6.07, 6.45) is 3.60. The summed E-state index contributed by atoms with van der Waals surface area (Å²) in [5.74, 6) is -0.746. The largest absolute Gasteiger partial charge is 0.369 e. The molecule has 0 aliphatic heterocycles. The van der Waals surface area contributed by atoms with Gasteiger partial charge in [0, 0.05) is 12.6 Å². The van der Waals surface area contributed by atoms with Crippen LogP contribution in [0.4, 0.5) is 0 Å². The number of rotatable bonds is 6. The van der Waals surface area contributed by atoms with Crippen molar-refractivity contribution in [2.45, 2.75) is 31.7 Å². The van der Waals surface area contributed by atoms with E-state index in [-0.39, 0.29) is 24.9 Å². The standard InChI is InChI=1S/C9H19N3O3S/c10-5-6-16(14,15)12(7-9(11)13)8-3-1-2-4-8/h8H,1-7,10H2,(H2,11,13). The van der Waals surface area contributed by atoms with Crippen LogP contribution in [0.1, 0.15) is 25.7 Å². The first kappa shape index (κ1) is 13.4. The molecule has 7 heteroatoms. The van der Waals surface area contributed by atoms with Crippen molar-refractivity contribution >= 4 is 15.9 Å². The Hall–Kier alpha value is -0.660. The van der Waals surface area contributed by atoms with Gasteiger partial charge in [-0.05, 0) is 12.8 Å². The average Bonchev–Trinajstić information content (AvgIpc) is 2.66. The first-order valence-electron chi connectivity index (χ1n) is 5.45. The minimum absolute atomic E-state index is 0.0598. The molecule has 0 radical (unpaired) electrons. The van der Waals surface area contributed by atoms with Crippen molar-refractivity contribution in [2.24, 2.45) is 11.5 Å². The van der Waals surface area contributed by atoms with Gasteiger partial charge in [0.15, 0.2) is 0 Å². The molecule has 0 spiro atoms. The molecular weight excluding hydrogens is 230 g/mol. The zero-order chi connectivity index (χ0) is 12.2.